The molecule has 214 valence electrons. The Morgan fingerprint density at radius 2 is 0.674 bits per heavy atom. The topological polar surface area (TPSA) is 0 Å². The molecule has 0 radical (unpaired) electrons. The summed E-state index contributed by atoms with van der Waals surface area (Å²) in [6.45, 7) is 0. The number of hydrogen-bond acceptors (Lipinski definition) is 0. The van der Waals surface area contributed by atoms with Crippen molar-refractivity contribution >= 4 is 33.2 Å². The second kappa shape index (κ2) is 10.9. The van der Waals surface area contributed by atoms with Gasteiger partial charge in [-0.15, -0.1) is 0 Å². The molecule has 0 heterocycles. The highest BCUT2D eigenvalue weighted by Gasteiger charge is 2.26. The van der Waals surface area contributed by atoms with E-state index in [1.807, 2.05) is 0 Å². The van der Waals surface area contributed by atoms with Crippen molar-refractivity contribution in [2.45, 2.75) is 0 Å². The largest absolute Gasteiger partial charge is 0.0622 e. The molecule has 8 aromatic carbocycles. The number of rotatable bonds is 4. The van der Waals surface area contributed by atoms with E-state index >= 15 is 0 Å². The Kier molecular flexibility index (Phi) is 6.25. The van der Waals surface area contributed by atoms with Crippen molar-refractivity contribution in [3.05, 3.63) is 193 Å². The van der Waals surface area contributed by atoms with E-state index in [2.05, 4.69) is 182 Å². The van der Waals surface area contributed by atoms with Crippen molar-refractivity contribution in [3.63, 3.8) is 0 Å². The second-order valence-electron chi connectivity index (χ2n) is 12.1. The van der Waals surface area contributed by atoms with Crippen LogP contribution in [-0.2, 0) is 0 Å². The van der Waals surface area contributed by atoms with Crippen LogP contribution in [0.1, 0.15) is 16.7 Å². The Labute approximate surface area is 269 Å². The Morgan fingerprint density at radius 1 is 0.283 bits per heavy atom. The van der Waals surface area contributed by atoms with Gasteiger partial charge in [-0.25, -0.2) is 0 Å². The predicted molar refractivity (Wildman–Crippen MR) is 197 cm³/mol. The molecule has 1 aliphatic rings. The van der Waals surface area contributed by atoms with Crippen molar-refractivity contribution in [1.29, 1.82) is 0 Å². The van der Waals surface area contributed by atoms with Gasteiger partial charge in [-0.1, -0.05) is 164 Å². The second-order valence-corrected chi connectivity index (χ2v) is 12.1. The molecule has 0 spiro atoms. The normalized spacial score (nSPS) is 11.9. The fourth-order valence-electron chi connectivity index (χ4n) is 7.30. The molecule has 0 aliphatic heterocycles. The van der Waals surface area contributed by atoms with Gasteiger partial charge in [0, 0.05) is 0 Å². The van der Waals surface area contributed by atoms with Crippen molar-refractivity contribution in [2.75, 3.05) is 0 Å². The molecule has 0 fully saturated rings. The van der Waals surface area contributed by atoms with Crippen LogP contribution in [0.2, 0.25) is 0 Å². The molecule has 0 saturated heterocycles. The highest BCUT2D eigenvalue weighted by Crippen LogP contribution is 2.49. The van der Waals surface area contributed by atoms with Gasteiger partial charge in [0.25, 0.3) is 0 Å². The summed E-state index contributed by atoms with van der Waals surface area (Å²) in [5.41, 5.74) is 15.1. The summed E-state index contributed by atoms with van der Waals surface area (Å²) in [4.78, 5) is 0. The maximum atomic E-state index is 2.47. The number of hydrogen-bond donors (Lipinski definition) is 0. The molecular formula is C46H30. The Bertz CT molecular complexity index is 2280. The minimum atomic E-state index is 1.23. The molecule has 1 aliphatic carbocycles. The first-order valence-corrected chi connectivity index (χ1v) is 15.9. The fraction of sp³-hybridized carbons (Fsp3) is 0. The molecule has 9 rings (SSSR count). The van der Waals surface area contributed by atoms with E-state index in [0.717, 1.165) is 0 Å². The van der Waals surface area contributed by atoms with Crippen LogP contribution >= 0.6 is 0 Å². The molecule has 0 nitrogen and oxygen atoms in total. The summed E-state index contributed by atoms with van der Waals surface area (Å²) < 4.78 is 0. The maximum absolute atomic E-state index is 2.47. The van der Waals surface area contributed by atoms with Gasteiger partial charge in [0.15, 0.2) is 0 Å². The van der Waals surface area contributed by atoms with E-state index in [1.54, 1.807) is 0 Å². The molecule has 0 atom stereocenters. The minimum absolute atomic E-state index is 1.23. The standard InChI is InChI=1S/C46H30/c1-4-14-31(15-5-1)34-24-26-38-39-27-25-35(32-16-6-2-7-17-32)29-43(39)45(42(38)28-34)30-44-36-20-10-12-22-40(36)46(33-18-8-3-9-19-33)41-23-13-11-21-37(41)44/h1-30H. The first kappa shape index (κ1) is 26.4. The maximum Gasteiger partial charge on any atom is -0.00264 e. The van der Waals surface area contributed by atoms with Gasteiger partial charge in [-0.3, -0.25) is 0 Å². The lowest BCUT2D eigenvalue weighted by atomic mass is 9.87. The van der Waals surface area contributed by atoms with E-state index in [4.69, 9.17) is 0 Å². The molecular weight excluding hydrogens is 553 g/mol. The lowest BCUT2D eigenvalue weighted by Crippen LogP contribution is -1.91. The minimum Gasteiger partial charge on any atom is -0.0622 e. The third-order valence-corrected chi connectivity index (χ3v) is 9.45. The van der Waals surface area contributed by atoms with Crippen LogP contribution in [0, 0.1) is 0 Å². The summed E-state index contributed by atoms with van der Waals surface area (Å²) in [5, 5.41) is 5.07. The molecule has 0 saturated carbocycles. The van der Waals surface area contributed by atoms with Crippen molar-refractivity contribution in [1.82, 2.24) is 0 Å². The van der Waals surface area contributed by atoms with Crippen LogP contribution in [0.25, 0.3) is 77.7 Å². The van der Waals surface area contributed by atoms with E-state index in [9.17, 15) is 0 Å². The zero-order valence-electron chi connectivity index (χ0n) is 25.3. The quantitative estimate of drug-likeness (QED) is 0.181. The summed E-state index contributed by atoms with van der Waals surface area (Å²) in [5.74, 6) is 0. The van der Waals surface area contributed by atoms with E-state index in [0.29, 0.717) is 0 Å². The molecule has 8 aromatic rings. The summed E-state index contributed by atoms with van der Waals surface area (Å²) in [7, 11) is 0. The summed E-state index contributed by atoms with van der Waals surface area (Å²) in [6.07, 6.45) is 2.47. The van der Waals surface area contributed by atoms with Crippen LogP contribution in [-0.4, -0.2) is 0 Å². The van der Waals surface area contributed by atoms with Gasteiger partial charge in [0.1, 0.15) is 0 Å². The van der Waals surface area contributed by atoms with Gasteiger partial charge in [-0.05, 0) is 107 Å². The van der Waals surface area contributed by atoms with E-state index < -0.39 is 0 Å². The van der Waals surface area contributed by atoms with E-state index in [1.165, 1.54) is 88.3 Å². The summed E-state index contributed by atoms with van der Waals surface area (Å²) in [6, 6.07) is 64.0. The van der Waals surface area contributed by atoms with Crippen molar-refractivity contribution < 1.29 is 0 Å². The summed E-state index contributed by atoms with van der Waals surface area (Å²) >= 11 is 0. The zero-order valence-corrected chi connectivity index (χ0v) is 25.3. The number of benzene rings is 8. The Balaban J connectivity index is 1.36. The third kappa shape index (κ3) is 4.30. The molecule has 0 N–H and O–H groups in total. The van der Waals surface area contributed by atoms with Crippen LogP contribution < -0.4 is 0 Å². The van der Waals surface area contributed by atoms with E-state index in [-0.39, 0.29) is 0 Å². The first-order chi connectivity index (χ1) is 22.8. The van der Waals surface area contributed by atoms with Gasteiger partial charge in [-0.2, -0.15) is 0 Å². The smallest absolute Gasteiger partial charge is 0.00264 e. The van der Waals surface area contributed by atoms with Gasteiger partial charge in [0.2, 0.25) is 0 Å². The van der Waals surface area contributed by atoms with Gasteiger partial charge >= 0.3 is 0 Å². The Morgan fingerprint density at radius 3 is 1.13 bits per heavy atom. The molecule has 0 unspecified atom stereocenters. The van der Waals surface area contributed by atoms with Crippen LogP contribution in [0.5, 0.6) is 0 Å². The first-order valence-electron chi connectivity index (χ1n) is 15.9. The lowest BCUT2D eigenvalue weighted by molar-refractivity contribution is 1.59. The van der Waals surface area contributed by atoms with Crippen molar-refractivity contribution in [3.8, 4) is 44.5 Å². The average molecular weight is 583 g/mol. The van der Waals surface area contributed by atoms with Crippen LogP contribution in [0.4, 0.5) is 0 Å². The highest BCUT2D eigenvalue weighted by molar-refractivity contribution is 6.20. The van der Waals surface area contributed by atoms with Gasteiger partial charge in [0.05, 0.1) is 0 Å². The monoisotopic (exact) mass is 582 g/mol. The van der Waals surface area contributed by atoms with Crippen molar-refractivity contribution in [2.24, 2.45) is 0 Å². The van der Waals surface area contributed by atoms with Crippen LogP contribution in [0.15, 0.2) is 176 Å². The third-order valence-electron chi connectivity index (χ3n) is 9.45. The SMILES string of the molecule is C(=C1c2cc(-c3ccccc3)ccc2-c2ccc(-c3ccccc3)cc21)c1c2ccccc2c(-c2ccccc2)c2ccccc12. The van der Waals surface area contributed by atoms with Crippen LogP contribution in [0.3, 0.4) is 0 Å². The fourth-order valence-corrected chi connectivity index (χ4v) is 7.30. The zero-order chi connectivity index (χ0) is 30.5. The molecule has 0 heteroatoms. The molecule has 0 amide bonds. The van der Waals surface area contributed by atoms with Gasteiger partial charge < -0.3 is 0 Å². The predicted octanol–water partition coefficient (Wildman–Crippen LogP) is 12.6. The molecule has 0 aromatic heterocycles. The molecule has 46 heavy (non-hydrogen) atoms. The average Bonchev–Trinajstić information content (AvgIpc) is 3.44. The lowest BCUT2D eigenvalue weighted by Gasteiger charge is -2.16. The Hall–Kier alpha value is -5.98. The highest BCUT2D eigenvalue weighted by atomic mass is 14.3. The number of fused-ring (bicyclic) bond motifs is 5. The molecule has 0 bridgehead atoms.